The molecule has 2 spiro atoms. The molecule has 2 heterocycles. The van der Waals surface area contributed by atoms with Crippen LogP contribution in [-0.2, 0) is 14.3 Å². The van der Waals surface area contributed by atoms with Gasteiger partial charge in [-0.25, -0.2) is 0 Å². The van der Waals surface area contributed by atoms with E-state index in [0.29, 0.717) is 32.2 Å². The van der Waals surface area contributed by atoms with Gasteiger partial charge in [0.15, 0.2) is 11.4 Å². The predicted molar refractivity (Wildman–Crippen MR) is 202 cm³/mol. The van der Waals surface area contributed by atoms with E-state index in [-0.39, 0.29) is 41.5 Å². The van der Waals surface area contributed by atoms with Gasteiger partial charge in [0.2, 0.25) is 0 Å². The van der Waals surface area contributed by atoms with Crippen LogP contribution in [0, 0.1) is 44.3 Å². The molecule has 1 aromatic heterocycles. The molecule has 10 atom stereocenters. The third-order valence-corrected chi connectivity index (χ3v) is 18.4. The lowest BCUT2D eigenvalue weighted by Gasteiger charge is -2.71. The fourth-order valence-corrected chi connectivity index (χ4v) is 14.7. The number of aliphatic hydroxyl groups is 2. The number of aliphatic hydroxyl groups excluding tert-OH is 1. The van der Waals surface area contributed by atoms with Gasteiger partial charge in [-0.15, -0.1) is 11.3 Å². The van der Waals surface area contributed by atoms with E-state index >= 15 is 4.79 Å². The molecule has 4 saturated carbocycles. The van der Waals surface area contributed by atoms with Crippen molar-refractivity contribution >= 4 is 39.1 Å². The molecule has 7 nitrogen and oxygen atoms in total. The molecule has 7 aliphatic carbocycles. The molecule has 5 fully saturated rings. The molecule has 1 unspecified atom stereocenters. The maximum Gasteiger partial charge on any atom is 0.313 e. The van der Waals surface area contributed by atoms with Gasteiger partial charge in [0.25, 0.3) is 5.91 Å². The Labute approximate surface area is 311 Å². The van der Waals surface area contributed by atoms with Crippen molar-refractivity contribution in [1.29, 1.82) is 0 Å². The average molecular weight is 726 g/mol. The molecule has 52 heavy (non-hydrogen) atoms. The van der Waals surface area contributed by atoms with Crippen molar-refractivity contribution in [2.45, 2.75) is 123 Å². The van der Waals surface area contributed by atoms with Gasteiger partial charge in [0, 0.05) is 38.5 Å². The van der Waals surface area contributed by atoms with Gasteiger partial charge in [-0.05, 0) is 106 Å². The van der Waals surface area contributed by atoms with E-state index < -0.39 is 44.4 Å². The smallest absolute Gasteiger partial charge is 0.313 e. The van der Waals surface area contributed by atoms with Gasteiger partial charge in [-0.2, -0.15) is 0 Å². The second-order valence-electron chi connectivity index (χ2n) is 19.2. The van der Waals surface area contributed by atoms with Gasteiger partial charge in [-0.1, -0.05) is 71.0 Å². The summed E-state index contributed by atoms with van der Waals surface area (Å²) in [6.07, 6.45) is 13.6. The molecule has 1 aliphatic heterocycles. The molecular formula is C44H55NO6S. The quantitative estimate of drug-likeness (QED) is 0.170. The monoisotopic (exact) mass is 725 g/mol. The largest absolute Gasteiger partial charge is 0.448 e. The number of ether oxygens (including phenoxy) is 1. The fourth-order valence-electron chi connectivity index (χ4n) is 13.6. The van der Waals surface area contributed by atoms with Crippen LogP contribution in [0.25, 0.3) is 10.1 Å². The van der Waals surface area contributed by atoms with Crippen molar-refractivity contribution in [1.82, 2.24) is 4.90 Å². The summed E-state index contributed by atoms with van der Waals surface area (Å²) in [6, 6.07) is 10.2. The Morgan fingerprint density at radius 1 is 0.942 bits per heavy atom. The highest BCUT2D eigenvalue weighted by atomic mass is 32.1. The van der Waals surface area contributed by atoms with Gasteiger partial charge >= 0.3 is 5.97 Å². The number of rotatable bonds is 7. The molecule has 4 bridgehead atoms. The van der Waals surface area contributed by atoms with Crippen molar-refractivity contribution in [2.75, 3.05) is 13.1 Å². The number of esters is 1. The van der Waals surface area contributed by atoms with E-state index in [4.69, 9.17) is 4.74 Å². The Bertz CT molecular complexity index is 1950. The molecule has 2 N–H and O–H groups in total. The highest BCUT2D eigenvalue weighted by molar-refractivity contribution is 7.21. The summed E-state index contributed by atoms with van der Waals surface area (Å²) in [7, 11) is 0. The second-order valence-corrected chi connectivity index (χ2v) is 20.3. The first-order valence-corrected chi connectivity index (χ1v) is 20.7. The molecule has 10 rings (SSSR count). The molecule has 1 saturated heterocycles. The van der Waals surface area contributed by atoms with Crippen LogP contribution in [0.4, 0.5) is 0 Å². The maximum absolute atomic E-state index is 15.1. The van der Waals surface area contributed by atoms with E-state index in [2.05, 4.69) is 51.1 Å². The summed E-state index contributed by atoms with van der Waals surface area (Å²) in [4.78, 5) is 45.7. The van der Waals surface area contributed by atoms with Crippen LogP contribution < -0.4 is 0 Å². The Morgan fingerprint density at radius 2 is 1.65 bits per heavy atom. The zero-order valence-electron chi connectivity index (χ0n) is 31.7. The van der Waals surface area contributed by atoms with Crippen LogP contribution in [0.3, 0.4) is 0 Å². The number of carbonyl (C=O) groups is 3. The zero-order valence-corrected chi connectivity index (χ0v) is 32.5. The maximum atomic E-state index is 15.1. The number of amides is 1. The highest BCUT2D eigenvalue weighted by Crippen LogP contribution is 2.78. The Balaban J connectivity index is 1.12. The molecule has 0 radical (unpaired) electrons. The second kappa shape index (κ2) is 10.7. The number of Topliss-reactive ketones (excluding diaryl/α,β-unsaturated/α-hetero) is 1. The summed E-state index contributed by atoms with van der Waals surface area (Å²) in [6.45, 7) is 13.3. The van der Waals surface area contributed by atoms with Crippen molar-refractivity contribution in [2.24, 2.45) is 44.3 Å². The lowest BCUT2D eigenvalue weighted by molar-refractivity contribution is -0.187. The van der Waals surface area contributed by atoms with Crippen molar-refractivity contribution < 1.29 is 29.3 Å². The number of hydrogen-bond acceptors (Lipinski definition) is 7. The minimum atomic E-state index is -1.23. The first kappa shape index (κ1) is 34.9. The Morgan fingerprint density at radius 3 is 2.35 bits per heavy atom. The third-order valence-electron chi connectivity index (χ3n) is 17.3. The van der Waals surface area contributed by atoms with Crippen LogP contribution in [0.2, 0.25) is 0 Å². The van der Waals surface area contributed by atoms with E-state index in [9.17, 15) is 19.8 Å². The van der Waals surface area contributed by atoms with Crippen molar-refractivity contribution in [3.63, 3.8) is 0 Å². The minimum absolute atomic E-state index is 0.0150. The number of hydrogen-bond donors (Lipinski definition) is 2. The molecule has 8 aliphatic rings. The normalized spacial score (nSPS) is 45.0. The number of benzene rings is 1. The summed E-state index contributed by atoms with van der Waals surface area (Å²) in [5.74, 6) is -0.207. The summed E-state index contributed by atoms with van der Waals surface area (Å²) in [5, 5.41) is 25.3. The number of nitrogens with zero attached hydrogens (tertiary/aromatic N) is 1. The first-order chi connectivity index (χ1) is 24.5. The van der Waals surface area contributed by atoms with E-state index in [1.807, 2.05) is 43.9 Å². The number of carbonyl (C=O) groups excluding carboxylic acids is 3. The molecule has 278 valence electrons. The van der Waals surface area contributed by atoms with E-state index in [1.54, 1.807) is 11.3 Å². The van der Waals surface area contributed by atoms with Crippen LogP contribution in [0.1, 0.15) is 115 Å². The van der Waals surface area contributed by atoms with Gasteiger partial charge in [-0.3, -0.25) is 14.4 Å². The summed E-state index contributed by atoms with van der Waals surface area (Å²) in [5.41, 5.74) is -4.62. The Kier molecular flexibility index (Phi) is 7.18. The molecule has 2 aromatic rings. The predicted octanol–water partition coefficient (Wildman–Crippen LogP) is 8.04. The first-order valence-electron chi connectivity index (χ1n) is 19.9. The SMILES string of the molecule is CCCN(C[C@]1(O)CC[C@H]2[C@]34C=C[C@@]5(C=C3C(=O)c3cc6ccccc6s3)CC(O)CC[C@]5(C)[C@H]4CC[C@@]21C)C(=O)[C@@]12CC[C@@](C)(C(=O)O1)C2(C)C. The zero-order chi connectivity index (χ0) is 36.9. The number of ketones is 1. The van der Waals surface area contributed by atoms with Crippen LogP contribution in [0.5, 0.6) is 0 Å². The highest BCUT2D eigenvalue weighted by Gasteiger charge is 2.78. The number of fused-ring (bicyclic) bond motifs is 4. The fraction of sp³-hybridized carbons (Fsp3) is 0.659. The van der Waals surface area contributed by atoms with Crippen LogP contribution >= 0.6 is 11.3 Å². The molecule has 1 amide bonds. The van der Waals surface area contributed by atoms with Gasteiger partial charge < -0.3 is 19.8 Å². The van der Waals surface area contributed by atoms with Gasteiger partial charge in [0.05, 0.1) is 28.5 Å². The van der Waals surface area contributed by atoms with Crippen LogP contribution in [-0.4, -0.2) is 63.2 Å². The third kappa shape index (κ3) is 3.87. The summed E-state index contributed by atoms with van der Waals surface area (Å²) < 4.78 is 7.18. The number of thiophene rings is 1. The minimum Gasteiger partial charge on any atom is -0.448 e. The van der Waals surface area contributed by atoms with Crippen molar-refractivity contribution in [3.05, 3.63) is 59.0 Å². The molecule has 8 heteroatoms. The standard InChI is InChI=1S/C44H55NO6S/c1-7-22-45(35(48)44-21-18-40(6,36(49)51-44)37(44,2)3)26-42(50)17-14-33-39(42,5)16-13-32-38(4)15-12-28(46)24-41(38)19-20-43(32,33)29(25-41)34(47)31-23-27-10-8-9-11-30(27)52-31/h8-11,19-20,23,25,28,32-33,46,50H,7,12-18,21-22,24,26H2,1-6H3/t28?,32-,33-,38-,39+,40+,41+,42-,43-,44-/m1/s1. The Hall–Kier alpha value is -2.81. The average Bonchev–Trinajstić information content (AvgIpc) is 3.76. The molecule has 1 aromatic carbocycles. The topological polar surface area (TPSA) is 104 Å². The van der Waals surface area contributed by atoms with Crippen LogP contribution in [0.15, 0.2) is 54.1 Å². The molecular weight excluding hydrogens is 671 g/mol. The lowest BCUT2D eigenvalue weighted by atomic mass is 9.32. The van der Waals surface area contributed by atoms with Crippen molar-refractivity contribution in [3.8, 4) is 0 Å². The lowest BCUT2D eigenvalue weighted by Crippen LogP contribution is -2.68. The van der Waals surface area contributed by atoms with E-state index in [0.717, 1.165) is 59.1 Å². The summed E-state index contributed by atoms with van der Waals surface area (Å²) >= 11 is 1.55. The van der Waals surface area contributed by atoms with Gasteiger partial charge in [0.1, 0.15) is 0 Å². The van der Waals surface area contributed by atoms with E-state index in [1.165, 1.54) is 0 Å². The number of allylic oxidation sites excluding steroid dienone is 4.